The van der Waals surface area contributed by atoms with E-state index in [-0.39, 0.29) is 59.8 Å². The summed E-state index contributed by atoms with van der Waals surface area (Å²) in [4.78, 5) is 4.83. The second-order valence-corrected chi connectivity index (χ2v) is 20.1. The molecule has 1 saturated carbocycles. The Morgan fingerprint density at radius 2 is 1.33 bits per heavy atom. The van der Waals surface area contributed by atoms with Gasteiger partial charge in [-0.2, -0.15) is 18.2 Å². The molecule has 3 aromatic heterocycles. The summed E-state index contributed by atoms with van der Waals surface area (Å²) in [6, 6.07) is 41.9. The smallest absolute Gasteiger partial charge is 0.268 e. The molecule has 0 unspecified atom stereocenters. The van der Waals surface area contributed by atoms with Gasteiger partial charge in [-0.1, -0.05) is 173 Å². The Kier molecular flexibility index (Phi) is 9.43. The number of benzene rings is 8. The van der Waals surface area contributed by atoms with Gasteiger partial charge in [0, 0.05) is 45.6 Å². The Bertz CT molecular complexity index is 4280. The first-order valence-electron chi connectivity index (χ1n) is 29.6. The molecule has 0 N–H and O–H groups in total. The second kappa shape index (κ2) is 19.0. The summed E-state index contributed by atoms with van der Waals surface area (Å²) >= 11 is 0. The van der Waals surface area contributed by atoms with Crippen molar-refractivity contribution in [2.45, 2.75) is 71.6 Å². The zero-order valence-electron chi connectivity index (χ0n) is 51.5. The summed E-state index contributed by atoms with van der Waals surface area (Å²) in [7, 11) is 0. The van der Waals surface area contributed by atoms with Gasteiger partial charge in [-0.25, -0.2) is 4.98 Å². The summed E-state index contributed by atoms with van der Waals surface area (Å²) in [6.45, 7) is 11.0. The molecule has 72 heavy (non-hydrogen) atoms. The average Bonchev–Trinajstić information content (AvgIpc) is 3.74. The molecule has 0 spiro atoms. The molecule has 0 saturated heterocycles. The standard InChI is InChI=1S/C66H56N4O.Pt/c1-65(2,3)51-36-39-67-63(41-51)70-59-25-13-12-22-57(59)58-32-31-54(43-61(58)70)71-53-21-14-20-52(42-53)68-44-69(64-55(48-16-8-6-9-17-48)23-15-24-56(64)49-18-10-7-11-19-49)62-40-50(30-33-60(62)68)46-28-26-45(27-29-46)47-34-37-66(4,5)38-35-47;/h6-33,36,39-41,47H,34-35,37-38H2,1-5H3;/q-2;/i6D,7D,8D,9D,10D,11D,16D,17D,18D,19D,47D;. The number of hydrogen-bond acceptors (Lipinski definition) is 2. The van der Waals surface area contributed by atoms with Crippen LogP contribution < -0.4 is 9.30 Å². The SMILES string of the molecule is [2H]c1c([2H])c([2H])c(-c2cccc(-c3c([2H])c([2H])c([2H])c([2H])c3[2H])c2-[n+]2[c-]n(-c3[c-]c(Oc4[c-]c5c(cc4)c4ccccc4n5-c4cc(C(C)(C)C)ccn4)ccc3)c3ccc(-c4ccc(C5([2H])CCC(C)(C)CC5)cc4)cc32)c([2H])c1[2H].[Pt]. The Morgan fingerprint density at radius 1 is 0.667 bits per heavy atom. The van der Waals surface area contributed by atoms with Crippen molar-refractivity contribution in [1.29, 1.82) is 0 Å². The fourth-order valence-electron chi connectivity index (χ4n) is 9.93. The van der Waals surface area contributed by atoms with E-state index in [0.717, 1.165) is 75.6 Å². The maximum absolute atomic E-state index is 9.49. The minimum atomic E-state index is -0.713. The van der Waals surface area contributed by atoms with Crippen LogP contribution in [0.2, 0.25) is 0 Å². The first-order valence-corrected chi connectivity index (χ1v) is 24.1. The van der Waals surface area contributed by atoms with Crippen molar-refractivity contribution >= 4 is 32.8 Å². The van der Waals surface area contributed by atoms with Crippen LogP contribution in [-0.2, 0) is 26.5 Å². The summed E-state index contributed by atoms with van der Waals surface area (Å²) in [5.74, 6) is 0.797. The van der Waals surface area contributed by atoms with E-state index in [1.165, 1.54) is 0 Å². The molecule has 8 aromatic carbocycles. The molecule has 0 bridgehead atoms. The molecule has 0 radical (unpaired) electrons. The molecule has 0 amide bonds. The number of hydrogen-bond donors (Lipinski definition) is 0. The van der Waals surface area contributed by atoms with Gasteiger partial charge in [0.05, 0.1) is 30.4 Å². The molecule has 12 rings (SSSR count). The van der Waals surface area contributed by atoms with Crippen molar-refractivity contribution in [3.05, 3.63) is 224 Å². The van der Waals surface area contributed by atoms with Gasteiger partial charge in [0.2, 0.25) is 0 Å². The predicted octanol–water partition coefficient (Wildman–Crippen LogP) is 16.6. The Hall–Kier alpha value is -7.33. The zero-order valence-corrected chi connectivity index (χ0v) is 42.8. The molecule has 1 aliphatic carbocycles. The van der Waals surface area contributed by atoms with E-state index in [9.17, 15) is 6.85 Å². The van der Waals surface area contributed by atoms with Gasteiger partial charge >= 0.3 is 0 Å². The van der Waals surface area contributed by atoms with Crippen LogP contribution in [0.25, 0.3) is 83.4 Å². The maximum Gasteiger partial charge on any atom is 0.268 e. The summed E-state index contributed by atoms with van der Waals surface area (Å²) in [6.07, 6.45) is 8.76. The van der Waals surface area contributed by atoms with Gasteiger partial charge in [0.1, 0.15) is 5.82 Å². The van der Waals surface area contributed by atoms with Crippen molar-refractivity contribution < 1.29 is 45.4 Å². The van der Waals surface area contributed by atoms with Gasteiger partial charge < -0.3 is 13.9 Å². The van der Waals surface area contributed by atoms with E-state index in [1.807, 2.05) is 91.1 Å². The van der Waals surface area contributed by atoms with Gasteiger partial charge in [-0.15, -0.1) is 29.7 Å². The van der Waals surface area contributed by atoms with E-state index in [1.54, 1.807) is 33.4 Å². The van der Waals surface area contributed by atoms with Crippen molar-refractivity contribution in [3.63, 3.8) is 0 Å². The number of ether oxygens (including phenoxy) is 1. The Labute approximate surface area is 453 Å². The first kappa shape index (κ1) is 35.7. The molecule has 6 heteroatoms. The molecular weight excluding hydrogens is 1060 g/mol. The monoisotopic (exact) mass is 1130 g/mol. The van der Waals surface area contributed by atoms with Crippen molar-refractivity contribution in [2.75, 3.05) is 0 Å². The third kappa shape index (κ3) is 8.90. The number of nitrogens with zero attached hydrogens (tertiary/aromatic N) is 4. The van der Waals surface area contributed by atoms with E-state index in [4.69, 9.17) is 17.9 Å². The number of aromatic nitrogens is 4. The first-order chi connectivity index (χ1) is 39.0. The molecule has 358 valence electrons. The maximum atomic E-state index is 9.49. The molecule has 1 fully saturated rings. The second-order valence-electron chi connectivity index (χ2n) is 20.1. The molecule has 5 nitrogen and oxygen atoms in total. The Balaban J connectivity index is 0.00000721. The van der Waals surface area contributed by atoms with Crippen LogP contribution in [0.1, 0.15) is 92.4 Å². The molecule has 0 aliphatic heterocycles. The van der Waals surface area contributed by atoms with E-state index < -0.39 is 66.3 Å². The van der Waals surface area contributed by atoms with Crippen LogP contribution in [0.3, 0.4) is 0 Å². The Morgan fingerprint density at radius 3 is 2.04 bits per heavy atom. The third-order valence-electron chi connectivity index (χ3n) is 13.9. The number of rotatable bonds is 9. The van der Waals surface area contributed by atoms with Crippen LogP contribution >= 0.6 is 0 Å². The van der Waals surface area contributed by atoms with Crippen LogP contribution in [0, 0.1) is 23.9 Å². The quantitative estimate of drug-likeness (QED) is 0.107. The fraction of sp³-hybridized carbons (Fsp3) is 0.182. The van der Waals surface area contributed by atoms with Crippen LogP contribution in [0.15, 0.2) is 194 Å². The fourth-order valence-corrected chi connectivity index (χ4v) is 9.93. The third-order valence-corrected chi connectivity index (χ3v) is 13.9. The molecule has 3 heterocycles. The molecule has 1 aliphatic rings. The topological polar surface area (TPSA) is 35.9 Å². The minimum Gasteiger partial charge on any atom is -0.510 e. The minimum absolute atomic E-state index is 0. The van der Waals surface area contributed by atoms with Gasteiger partial charge in [0.15, 0.2) is 0 Å². The van der Waals surface area contributed by atoms with Crippen molar-refractivity contribution in [2.24, 2.45) is 5.41 Å². The predicted molar refractivity (Wildman–Crippen MR) is 290 cm³/mol. The largest absolute Gasteiger partial charge is 0.510 e. The molecule has 11 aromatic rings. The van der Waals surface area contributed by atoms with Crippen LogP contribution in [0.5, 0.6) is 11.5 Å². The van der Waals surface area contributed by atoms with Gasteiger partial charge in [-0.3, -0.25) is 4.57 Å². The van der Waals surface area contributed by atoms with E-state index in [2.05, 4.69) is 75.8 Å². The summed E-state index contributed by atoms with van der Waals surface area (Å²) in [5.41, 5.74) is 7.11. The summed E-state index contributed by atoms with van der Waals surface area (Å²) in [5, 5.41) is 2.01. The van der Waals surface area contributed by atoms with Crippen LogP contribution in [-0.4, -0.2) is 14.1 Å². The number of para-hydroxylation sites is 2. The zero-order chi connectivity index (χ0) is 57.9. The number of pyridine rings is 1. The normalized spacial score (nSPS) is 16.5. The average molecular weight is 1130 g/mol. The number of fused-ring (bicyclic) bond motifs is 4. The van der Waals surface area contributed by atoms with Crippen molar-refractivity contribution in [1.82, 2.24) is 14.1 Å². The van der Waals surface area contributed by atoms with Gasteiger partial charge in [0.25, 0.3) is 6.33 Å². The van der Waals surface area contributed by atoms with Crippen molar-refractivity contribution in [3.8, 4) is 62.1 Å². The van der Waals surface area contributed by atoms with E-state index in [0.29, 0.717) is 28.2 Å². The van der Waals surface area contributed by atoms with Crippen LogP contribution in [0.4, 0.5) is 0 Å². The summed E-state index contributed by atoms with van der Waals surface area (Å²) < 4.78 is 111. The number of imidazole rings is 1. The molecule has 0 atom stereocenters. The van der Waals surface area contributed by atoms with E-state index >= 15 is 0 Å². The molecular formula is C66H56N4OPt-2. The van der Waals surface area contributed by atoms with Gasteiger partial charge in [-0.05, 0) is 122 Å².